The number of phenols is 1. The molecule has 0 fully saturated rings. The summed E-state index contributed by atoms with van der Waals surface area (Å²) in [5.74, 6) is -0.611. The molecule has 0 aliphatic rings. The van der Waals surface area contributed by atoms with Gasteiger partial charge in [-0.1, -0.05) is 37.3 Å². The first kappa shape index (κ1) is 15.0. The molecule has 110 valence electrons. The van der Waals surface area contributed by atoms with Crippen molar-refractivity contribution in [1.82, 2.24) is 5.32 Å². The minimum atomic E-state index is -0.324. The molecule has 0 bridgehead atoms. The second-order valence-corrected chi connectivity index (χ2v) is 4.86. The normalized spacial score (nSPS) is 11.9. The van der Waals surface area contributed by atoms with E-state index in [-0.39, 0.29) is 29.9 Å². The van der Waals surface area contributed by atoms with Gasteiger partial charge in [-0.2, -0.15) is 0 Å². The topological polar surface area (TPSA) is 49.3 Å². The second-order valence-electron chi connectivity index (χ2n) is 4.86. The number of rotatable bonds is 5. The van der Waals surface area contributed by atoms with Gasteiger partial charge in [0.25, 0.3) is 0 Å². The van der Waals surface area contributed by atoms with Crippen molar-refractivity contribution in [2.24, 2.45) is 0 Å². The lowest BCUT2D eigenvalue weighted by atomic mass is 9.95. The van der Waals surface area contributed by atoms with Crippen LogP contribution in [0.2, 0.25) is 0 Å². The van der Waals surface area contributed by atoms with Gasteiger partial charge in [0, 0.05) is 12.1 Å². The molecule has 1 unspecified atom stereocenters. The predicted molar refractivity (Wildman–Crippen MR) is 79.4 cm³/mol. The van der Waals surface area contributed by atoms with E-state index >= 15 is 0 Å². The summed E-state index contributed by atoms with van der Waals surface area (Å²) >= 11 is 0. The average molecular weight is 287 g/mol. The Kier molecular flexibility index (Phi) is 4.93. The highest BCUT2D eigenvalue weighted by atomic mass is 19.1. The molecule has 2 aromatic rings. The maximum absolute atomic E-state index is 13.5. The zero-order valence-corrected chi connectivity index (χ0v) is 11.8. The largest absolute Gasteiger partial charge is 0.508 e. The summed E-state index contributed by atoms with van der Waals surface area (Å²) in [4.78, 5) is 12.2. The number of benzene rings is 2. The molecule has 4 heteroatoms. The monoisotopic (exact) mass is 287 g/mol. The number of hydrogen-bond donors (Lipinski definition) is 2. The molecule has 0 spiro atoms. The molecular weight excluding hydrogens is 269 g/mol. The smallest absolute Gasteiger partial charge is 0.227 e. The molecule has 2 aromatic carbocycles. The van der Waals surface area contributed by atoms with Gasteiger partial charge in [-0.25, -0.2) is 4.39 Å². The highest BCUT2D eigenvalue weighted by molar-refractivity contribution is 5.83. The van der Waals surface area contributed by atoms with Crippen LogP contribution in [0.1, 0.15) is 30.4 Å². The fourth-order valence-corrected chi connectivity index (χ4v) is 2.23. The van der Waals surface area contributed by atoms with Crippen molar-refractivity contribution in [2.75, 3.05) is 0 Å². The highest BCUT2D eigenvalue weighted by Gasteiger charge is 2.18. The van der Waals surface area contributed by atoms with Gasteiger partial charge in [0.2, 0.25) is 5.91 Å². The van der Waals surface area contributed by atoms with Gasteiger partial charge in [0.1, 0.15) is 11.6 Å². The van der Waals surface area contributed by atoms with Crippen LogP contribution in [-0.2, 0) is 11.3 Å². The lowest BCUT2D eigenvalue weighted by Crippen LogP contribution is -2.29. The van der Waals surface area contributed by atoms with Crippen LogP contribution in [0.25, 0.3) is 0 Å². The molecule has 0 aliphatic heterocycles. The molecule has 0 aliphatic carbocycles. The highest BCUT2D eigenvalue weighted by Crippen LogP contribution is 2.22. The van der Waals surface area contributed by atoms with Crippen molar-refractivity contribution < 1.29 is 14.3 Å². The van der Waals surface area contributed by atoms with Crippen LogP contribution >= 0.6 is 0 Å². The Morgan fingerprint density at radius 3 is 2.48 bits per heavy atom. The third kappa shape index (κ3) is 3.81. The van der Waals surface area contributed by atoms with Crippen molar-refractivity contribution in [2.45, 2.75) is 25.8 Å². The zero-order valence-electron chi connectivity index (χ0n) is 11.8. The van der Waals surface area contributed by atoms with Crippen molar-refractivity contribution in [1.29, 1.82) is 0 Å². The Morgan fingerprint density at radius 1 is 1.19 bits per heavy atom. The lowest BCUT2D eigenvalue weighted by Gasteiger charge is -2.15. The van der Waals surface area contributed by atoms with Gasteiger partial charge in [0.05, 0.1) is 5.92 Å². The molecule has 0 heterocycles. The van der Waals surface area contributed by atoms with Gasteiger partial charge in [-0.05, 0) is 30.2 Å². The number of halogens is 1. The van der Waals surface area contributed by atoms with Gasteiger partial charge >= 0.3 is 0 Å². The lowest BCUT2D eigenvalue weighted by molar-refractivity contribution is -0.122. The van der Waals surface area contributed by atoms with Crippen molar-refractivity contribution in [3.8, 4) is 5.75 Å². The van der Waals surface area contributed by atoms with E-state index in [1.807, 2.05) is 6.92 Å². The molecule has 0 saturated carbocycles. The van der Waals surface area contributed by atoms with Gasteiger partial charge in [0.15, 0.2) is 0 Å². The Labute approximate surface area is 123 Å². The predicted octanol–water partition coefficient (Wildman–Crippen LogP) is 3.34. The summed E-state index contributed by atoms with van der Waals surface area (Å²) < 4.78 is 13.5. The first-order valence-corrected chi connectivity index (χ1v) is 6.92. The minimum Gasteiger partial charge on any atom is -0.508 e. The molecule has 0 aromatic heterocycles. The first-order chi connectivity index (χ1) is 10.1. The Balaban J connectivity index is 2.04. The van der Waals surface area contributed by atoms with E-state index in [0.29, 0.717) is 12.0 Å². The van der Waals surface area contributed by atoms with E-state index in [0.717, 1.165) is 5.56 Å². The van der Waals surface area contributed by atoms with E-state index < -0.39 is 0 Å². The second kappa shape index (κ2) is 6.88. The average Bonchev–Trinajstić information content (AvgIpc) is 2.49. The van der Waals surface area contributed by atoms with Crippen molar-refractivity contribution in [3.63, 3.8) is 0 Å². The molecule has 0 radical (unpaired) electrons. The van der Waals surface area contributed by atoms with E-state index in [2.05, 4.69) is 5.32 Å². The van der Waals surface area contributed by atoms with Crippen LogP contribution in [-0.4, -0.2) is 11.0 Å². The number of aromatic hydroxyl groups is 1. The van der Waals surface area contributed by atoms with Crippen LogP contribution in [0.5, 0.6) is 5.75 Å². The zero-order chi connectivity index (χ0) is 15.2. The molecule has 2 N–H and O–H groups in total. The molecule has 21 heavy (non-hydrogen) atoms. The Bertz CT molecular complexity index is 610. The van der Waals surface area contributed by atoms with Crippen molar-refractivity contribution in [3.05, 3.63) is 65.5 Å². The maximum Gasteiger partial charge on any atom is 0.227 e. The van der Waals surface area contributed by atoms with Gasteiger partial charge in [-0.3, -0.25) is 4.79 Å². The molecule has 3 nitrogen and oxygen atoms in total. The van der Waals surface area contributed by atoms with Crippen LogP contribution in [0.3, 0.4) is 0 Å². The summed E-state index contributed by atoms with van der Waals surface area (Å²) in [7, 11) is 0. The Morgan fingerprint density at radius 2 is 1.86 bits per heavy atom. The number of phenolic OH excluding ortho intramolecular Hbond substituents is 1. The molecule has 2 rings (SSSR count). The van der Waals surface area contributed by atoms with Crippen LogP contribution < -0.4 is 5.32 Å². The molecule has 1 atom stereocenters. The number of nitrogens with one attached hydrogen (secondary N) is 1. The molecular formula is C17H18FNO2. The number of amides is 1. The SMILES string of the molecule is CCC(C(=O)NCc1ccccc1F)c1ccc(O)cc1. The minimum absolute atomic E-state index is 0.147. The van der Waals surface area contributed by atoms with Crippen LogP contribution in [0, 0.1) is 5.82 Å². The first-order valence-electron chi connectivity index (χ1n) is 6.92. The summed E-state index contributed by atoms with van der Waals surface area (Å²) in [6.45, 7) is 2.08. The quantitative estimate of drug-likeness (QED) is 0.886. The van der Waals surface area contributed by atoms with Crippen LogP contribution in [0.15, 0.2) is 48.5 Å². The summed E-state index contributed by atoms with van der Waals surface area (Å²) in [5, 5.41) is 12.1. The van der Waals surface area contributed by atoms with Gasteiger partial charge in [-0.15, -0.1) is 0 Å². The maximum atomic E-state index is 13.5. The fourth-order valence-electron chi connectivity index (χ4n) is 2.23. The summed E-state index contributed by atoms with van der Waals surface area (Å²) in [5.41, 5.74) is 1.30. The summed E-state index contributed by atoms with van der Waals surface area (Å²) in [6, 6.07) is 13.0. The number of carbonyl (C=O) groups is 1. The summed E-state index contributed by atoms with van der Waals surface area (Å²) in [6.07, 6.45) is 0.633. The molecule has 1 amide bonds. The number of hydrogen-bond acceptors (Lipinski definition) is 2. The third-order valence-electron chi connectivity index (χ3n) is 3.43. The standard InChI is InChI=1S/C17H18FNO2/c1-2-15(12-7-9-14(20)10-8-12)17(21)19-11-13-5-3-4-6-16(13)18/h3-10,15,20H,2,11H2,1H3,(H,19,21). The van der Waals surface area contributed by atoms with E-state index in [9.17, 15) is 14.3 Å². The van der Waals surface area contributed by atoms with E-state index in [1.165, 1.54) is 6.07 Å². The third-order valence-corrected chi connectivity index (χ3v) is 3.43. The van der Waals surface area contributed by atoms with E-state index in [1.54, 1.807) is 42.5 Å². The van der Waals surface area contributed by atoms with E-state index in [4.69, 9.17) is 0 Å². The Hall–Kier alpha value is -2.36. The molecule has 0 saturated heterocycles. The number of carbonyl (C=O) groups excluding carboxylic acids is 1. The van der Waals surface area contributed by atoms with Gasteiger partial charge < -0.3 is 10.4 Å². The fraction of sp³-hybridized carbons (Fsp3) is 0.235. The van der Waals surface area contributed by atoms with Crippen molar-refractivity contribution >= 4 is 5.91 Å². The van der Waals surface area contributed by atoms with Crippen LogP contribution in [0.4, 0.5) is 4.39 Å².